The molecule has 0 bridgehead atoms. The number of benzene rings is 2. The minimum absolute atomic E-state index is 0.102. The van der Waals surface area contributed by atoms with E-state index in [1.54, 1.807) is 24.5 Å². The third-order valence-corrected chi connectivity index (χ3v) is 4.94. The molecule has 138 valence electrons. The Labute approximate surface area is 162 Å². The summed E-state index contributed by atoms with van der Waals surface area (Å²) in [6.45, 7) is 1.95. The van der Waals surface area contributed by atoms with E-state index in [9.17, 15) is 4.79 Å². The SMILES string of the molecule is O=C1/C(=C/c2ccncc2)Oc2c1ccc1c2CN(Cc2ccccc2)CO1. The number of fused-ring (bicyclic) bond motifs is 3. The highest BCUT2D eigenvalue weighted by Gasteiger charge is 2.33. The number of carbonyl (C=O) groups excluding carboxylic acids is 1. The van der Waals surface area contributed by atoms with E-state index in [1.165, 1.54) is 5.56 Å². The number of carbonyl (C=O) groups is 1. The Morgan fingerprint density at radius 3 is 2.68 bits per heavy atom. The number of hydrogen-bond acceptors (Lipinski definition) is 5. The molecular formula is C23H18N2O3. The van der Waals surface area contributed by atoms with E-state index in [-0.39, 0.29) is 5.78 Å². The zero-order valence-corrected chi connectivity index (χ0v) is 15.2. The zero-order chi connectivity index (χ0) is 18.9. The van der Waals surface area contributed by atoms with Crippen molar-refractivity contribution in [1.29, 1.82) is 0 Å². The first-order valence-corrected chi connectivity index (χ1v) is 9.17. The van der Waals surface area contributed by atoms with Crippen LogP contribution < -0.4 is 9.47 Å². The van der Waals surface area contributed by atoms with Crippen LogP contribution in [0.15, 0.2) is 72.8 Å². The monoisotopic (exact) mass is 370 g/mol. The highest BCUT2D eigenvalue weighted by molar-refractivity contribution is 6.15. The van der Waals surface area contributed by atoms with E-state index in [1.807, 2.05) is 36.4 Å². The lowest BCUT2D eigenvalue weighted by Crippen LogP contribution is -2.31. The summed E-state index contributed by atoms with van der Waals surface area (Å²) >= 11 is 0. The Kier molecular flexibility index (Phi) is 4.14. The van der Waals surface area contributed by atoms with E-state index in [0.717, 1.165) is 23.4 Å². The number of pyridine rings is 1. The molecule has 0 atom stereocenters. The lowest BCUT2D eigenvalue weighted by Gasteiger charge is -2.29. The Bertz CT molecular complexity index is 1060. The van der Waals surface area contributed by atoms with Crippen molar-refractivity contribution in [3.05, 3.63) is 95.0 Å². The number of ketones is 1. The molecule has 0 N–H and O–H groups in total. The van der Waals surface area contributed by atoms with Gasteiger partial charge in [0.15, 0.2) is 5.76 Å². The van der Waals surface area contributed by atoms with Crippen LogP contribution in [-0.4, -0.2) is 22.4 Å². The number of hydrogen-bond donors (Lipinski definition) is 0. The summed E-state index contributed by atoms with van der Waals surface area (Å²) in [4.78, 5) is 19.0. The first-order chi connectivity index (χ1) is 13.8. The molecule has 0 radical (unpaired) electrons. The number of aromatic nitrogens is 1. The maximum Gasteiger partial charge on any atom is 0.231 e. The van der Waals surface area contributed by atoms with Crippen LogP contribution in [0.5, 0.6) is 11.5 Å². The summed E-state index contributed by atoms with van der Waals surface area (Å²) in [5.74, 6) is 1.62. The van der Waals surface area contributed by atoms with Crippen LogP contribution >= 0.6 is 0 Å². The molecule has 2 aliphatic heterocycles. The summed E-state index contributed by atoms with van der Waals surface area (Å²) in [5, 5.41) is 0. The Hall–Kier alpha value is -3.44. The fourth-order valence-corrected chi connectivity index (χ4v) is 3.56. The van der Waals surface area contributed by atoms with Gasteiger partial charge in [0.05, 0.1) is 11.1 Å². The van der Waals surface area contributed by atoms with E-state index in [2.05, 4.69) is 22.0 Å². The lowest BCUT2D eigenvalue weighted by molar-refractivity contribution is 0.0873. The summed E-state index contributed by atoms with van der Waals surface area (Å²) in [6.07, 6.45) is 5.13. The van der Waals surface area contributed by atoms with Gasteiger partial charge in [-0.15, -0.1) is 0 Å². The number of allylic oxidation sites excluding steroid dienone is 1. The van der Waals surface area contributed by atoms with Crippen molar-refractivity contribution in [3.8, 4) is 11.5 Å². The maximum absolute atomic E-state index is 12.8. The molecule has 0 spiro atoms. The second-order valence-electron chi connectivity index (χ2n) is 6.89. The molecule has 0 unspecified atom stereocenters. The normalized spacial score (nSPS) is 17.0. The van der Waals surface area contributed by atoms with E-state index in [4.69, 9.17) is 9.47 Å². The Balaban J connectivity index is 1.44. The topological polar surface area (TPSA) is 51.7 Å². The maximum atomic E-state index is 12.8. The van der Waals surface area contributed by atoms with Gasteiger partial charge in [0.2, 0.25) is 5.78 Å². The average Bonchev–Trinajstić information content (AvgIpc) is 3.05. The molecule has 0 fully saturated rings. The first-order valence-electron chi connectivity index (χ1n) is 9.17. The number of Topliss-reactive ketones (excluding diaryl/α,β-unsaturated/α-hetero) is 1. The number of rotatable bonds is 3. The molecule has 0 aliphatic carbocycles. The quantitative estimate of drug-likeness (QED) is 0.651. The predicted octanol–water partition coefficient (Wildman–Crippen LogP) is 4.05. The molecule has 0 saturated carbocycles. The van der Waals surface area contributed by atoms with Gasteiger partial charge in [-0.1, -0.05) is 30.3 Å². The molecule has 3 heterocycles. The molecule has 5 heteroatoms. The second kappa shape index (κ2) is 6.94. The van der Waals surface area contributed by atoms with Crippen LogP contribution in [0.25, 0.3) is 6.08 Å². The highest BCUT2D eigenvalue weighted by Crippen LogP contribution is 2.42. The fourth-order valence-electron chi connectivity index (χ4n) is 3.56. The van der Waals surface area contributed by atoms with Gasteiger partial charge in [-0.25, -0.2) is 0 Å². The molecule has 3 aromatic rings. The van der Waals surface area contributed by atoms with Crippen molar-refractivity contribution in [2.45, 2.75) is 13.1 Å². The Morgan fingerprint density at radius 1 is 1.04 bits per heavy atom. The lowest BCUT2D eigenvalue weighted by atomic mass is 10.0. The minimum atomic E-state index is -0.102. The van der Waals surface area contributed by atoms with Gasteiger partial charge in [-0.05, 0) is 41.5 Å². The van der Waals surface area contributed by atoms with Crippen LogP contribution in [0, 0.1) is 0 Å². The summed E-state index contributed by atoms with van der Waals surface area (Å²) < 4.78 is 11.9. The fraction of sp³-hybridized carbons (Fsp3) is 0.130. The molecule has 2 aliphatic rings. The van der Waals surface area contributed by atoms with Gasteiger partial charge in [0.25, 0.3) is 0 Å². The molecule has 0 saturated heterocycles. The number of ether oxygens (including phenoxy) is 2. The van der Waals surface area contributed by atoms with E-state index >= 15 is 0 Å². The zero-order valence-electron chi connectivity index (χ0n) is 15.2. The first kappa shape index (κ1) is 16.7. The van der Waals surface area contributed by atoms with Crippen molar-refractivity contribution < 1.29 is 14.3 Å². The van der Waals surface area contributed by atoms with Crippen LogP contribution in [0.4, 0.5) is 0 Å². The van der Waals surface area contributed by atoms with Gasteiger partial charge in [0.1, 0.15) is 18.2 Å². The van der Waals surface area contributed by atoms with Crippen molar-refractivity contribution in [1.82, 2.24) is 9.88 Å². The van der Waals surface area contributed by atoms with Crippen LogP contribution in [0.2, 0.25) is 0 Å². The van der Waals surface area contributed by atoms with Crippen molar-refractivity contribution in [2.75, 3.05) is 6.73 Å². The third-order valence-electron chi connectivity index (χ3n) is 4.94. The summed E-state index contributed by atoms with van der Waals surface area (Å²) in [7, 11) is 0. The average molecular weight is 370 g/mol. The molecule has 1 aromatic heterocycles. The van der Waals surface area contributed by atoms with Crippen molar-refractivity contribution in [2.24, 2.45) is 0 Å². The van der Waals surface area contributed by atoms with Crippen LogP contribution in [0.1, 0.15) is 27.0 Å². The molecule has 5 nitrogen and oxygen atoms in total. The third kappa shape index (κ3) is 3.06. The van der Waals surface area contributed by atoms with Gasteiger partial charge < -0.3 is 9.47 Å². The molecule has 2 aromatic carbocycles. The largest absolute Gasteiger partial charge is 0.478 e. The van der Waals surface area contributed by atoms with Crippen LogP contribution in [0.3, 0.4) is 0 Å². The highest BCUT2D eigenvalue weighted by atomic mass is 16.5. The van der Waals surface area contributed by atoms with Gasteiger partial charge >= 0.3 is 0 Å². The smallest absolute Gasteiger partial charge is 0.231 e. The van der Waals surface area contributed by atoms with Crippen molar-refractivity contribution in [3.63, 3.8) is 0 Å². The number of nitrogens with zero attached hydrogens (tertiary/aromatic N) is 2. The summed E-state index contributed by atoms with van der Waals surface area (Å²) in [5.41, 5.74) is 3.61. The van der Waals surface area contributed by atoms with Gasteiger partial charge in [-0.2, -0.15) is 0 Å². The van der Waals surface area contributed by atoms with Crippen LogP contribution in [-0.2, 0) is 13.1 Å². The van der Waals surface area contributed by atoms with E-state index in [0.29, 0.717) is 30.3 Å². The Morgan fingerprint density at radius 2 is 1.86 bits per heavy atom. The molecule has 28 heavy (non-hydrogen) atoms. The van der Waals surface area contributed by atoms with Crippen molar-refractivity contribution >= 4 is 11.9 Å². The molecule has 0 amide bonds. The van der Waals surface area contributed by atoms with E-state index < -0.39 is 0 Å². The van der Waals surface area contributed by atoms with Gasteiger partial charge in [-0.3, -0.25) is 14.7 Å². The minimum Gasteiger partial charge on any atom is -0.478 e. The summed E-state index contributed by atoms with van der Waals surface area (Å²) in [6, 6.07) is 17.6. The van der Waals surface area contributed by atoms with Gasteiger partial charge in [0, 0.05) is 25.5 Å². The molecular weight excluding hydrogens is 352 g/mol. The molecule has 5 rings (SSSR count). The second-order valence-corrected chi connectivity index (χ2v) is 6.89. The predicted molar refractivity (Wildman–Crippen MR) is 105 cm³/mol. The standard InChI is InChI=1S/C23H18N2O3/c26-22-18-6-7-20-19(14-25(15-27-20)13-17-4-2-1-3-5-17)23(18)28-21(22)12-16-8-10-24-11-9-16/h1-12H,13-15H2/b21-12-.